The van der Waals surface area contributed by atoms with Gasteiger partial charge in [0.2, 0.25) is 0 Å². The Morgan fingerprint density at radius 2 is 2.19 bits per heavy atom. The highest BCUT2D eigenvalue weighted by atomic mass is 79.9. The highest BCUT2D eigenvalue weighted by molar-refractivity contribution is 9.10. The van der Waals surface area contributed by atoms with Gasteiger partial charge in [0.05, 0.1) is 30.4 Å². The Balaban J connectivity index is 2.31. The van der Waals surface area contributed by atoms with Gasteiger partial charge < -0.3 is 14.6 Å². The van der Waals surface area contributed by atoms with Gasteiger partial charge in [0.25, 0.3) is 0 Å². The normalized spacial score (nSPS) is 10.6. The third-order valence-corrected chi connectivity index (χ3v) is 3.49. The second kappa shape index (κ2) is 6.68. The molecule has 2 aromatic rings. The van der Waals surface area contributed by atoms with Crippen molar-refractivity contribution in [2.24, 2.45) is 0 Å². The van der Waals surface area contributed by atoms with Crippen LogP contribution in [0.5, 0.6) is 5.75 Å². The first kappa shape index (κ1) is 15.5. The number of rotatable bonds is 6. The van der Waals surface area contributed by atoms with Gasteiger partial charge >= 0.3 is 5.97 Å². The number of aromatic carboxylic acids is 1. The Morgan fingerprint density at radius 3 is 2.76 bits per heavy atom. The van der Waals surface area contributed by atoms with Gasteiger partial charge in [-0.3, -0.25) is 0 Å². The second-order valence-electron chi connectivity index (χ2n) is 4.25. The summed E-state index contributed by atoms with van der Waals surface area (Å²) < 4.78 is 12.5. The minimum atomic E-state index is -1.12. The monoisotopic (exact) mass is 355 g/mol. The average Bonchev–Trinajstić information content (AvgIpc) is 2.83. The summed E-state index contributed by atoms with van der Waals surface area (Å²) in [7, 11) is 3.08. The maximum atomic E-state index is 11.1. The van der Waals surface area contributed by atoms with Gasteiger partial charge in [-0.15, -0.1) is 5.10 Å². The summed E-state index contributed by atoms with van der Waals surface area (Å²) in [4.78, 5) is 11.1. The Bertz CT molecular complexity index is 657. The summed E-state index contributed by atoms with van der Waals surface area (Å²) in [5.74, 6) is -0.398. The van der Waals surface area contributed by atoms with Crippen molar-refractivity contribution in [2.45, 2.75) is 13.2 Å². The molecular formula is C13H14BrN3O4. The molecule has 0 fully saturated rings. The van der Waals surface area contributed by atoms with E-state index in [0.29, 0.717) is 12.2 Å². The van der Waals surface area contributed by atoms with Gasteiger partial charge in [-0.1, -0.05) is 11.3 Å². The number of carboxylic acid groups (broad SMARTS) is 1. The van der Waals surface area contributed by atoms with Crippen molar-refractivity contribution in [3.63, 3.8) is 0 Å². The van der Waals surface area contributed by atoms with Crippen LogP contribution in [0.25, 0.3) is 0 Å². The number of hydrogen-bond donors (Lipinski definition) is 1. The van der Waals surface area contributed by atoms with Crippen LogP contribution < -0.4 is 4.74 Å². The lowest BCUT2D eigenvalue weighted by molar-refractivity contribution is 0.0684. The number of ether oxygens (including phenoxy) is 2. The van der Waals surface area contributed by atoms with Crippen molar-refractivity contribution in [1.82, 2.24) is 15.0 Å². The SMILES string of the molecule is COCc1c(C(=O)O)nnn1Cc1ccc(OC)c(Br)c1. The largest absolute Gasteiger partial charge is 0.496 e. The van der Waals surface area contributed by atoms with Gasteiger partial charge in [0.1, 0.15) is 5.75 Å². The molecule has 112 valence electrons. The molecule has 0 amide bonds. The maximum Gasteiger partial charge on any atom is 0.358 e. The lowest BCUT2D eigenvalue weighted by Crippen LogP contribution is -2.10. The van der Waals surface area contributed by atoms with Crippen LogP contribution >= 0.6 is 15.9 Å². The van der Waals surface area contributed by atoms with Crippen LogP contribution in [-0.2, 0) is 17.9 Å². The zero-order valence-electron chi connectivity index (χ0n) is 11.5. The molecule has 0 spiro atoms. The summed E-state index contributed by atoms with van der Waals surface area (Å²) in [6.45, 7) is 0.521. The molecular weight excluding hydrogens is 342 g/mol. The molecule has 0 bridgehead atoms. The molecule has 0 saturated carbocycles. The number of carbonyl (C=O) groups is 1. The van der Waals surface area contributed by atoms with E-state index in [-0.39, 0.29) is 12.3 Å². The van der Waals surface area contributed by atoms with E-state index in [2.05, 4.69) is 26.2 Å². The van der Waals surface area contributed by atoms with Gasteiger partial charge in [0, 0.05) is 7.11 Å². The second-order valence-corrected chi connectivity index (χ2v) is 5.10. The van der Waals surface area contributed by atoms with Crippen LogP contribution in [0.1, 0.15) is 21.7 Å². The highest BCUT2D eigenvalue weighted by Gasteiger charge is 2.19. The lowest BCUT2D eigenvalue weighted by atomic mass is 10.2. The van der Waals surface area contributed by atoms with E-state index in [1.165, 1.54) is 11.8 Å². The Hall–Kier alpha value is -1.93. The van der Waals surface area contributed by atoms with Crippen molar-refractivity contribution in [3.8, 4) is 5.75 Å². The Labute approximate surface area is 129 Å². The van der Waals surface area contributed by atoms with Crippen LogP contribution in [0.2, 0.25) is 0 Å². The third-order valence-electron chi connectivity index (χ3n) is 2.87. The predicted molar refractivity (Wildman–Crippen MR) is 77.5 cm³/mol. The Morgan fingerprint density at radius 1 is 1.43 bits per heavy atom. The number of methoxy groups -OCH3 is 2. The summed E-state index contributed by atoms with van der Waals surface area (Å²) in [5.41, 5.74) is 1.27. The highest BCUT2D eigenvalue weighted by Crippen LogP contribution is 2.26. The molecule has 1 aromatic carbocycles. The first-order valence-electron chi connectivity index (χ1n) is 6.03. The Kier molecular flexibility index (Phi) is 4.92. The molecule has 0 aliphatic carbocycles. The summed E-state index contributed by atoms with van der Waals surface area (Å²) >= 11 is 3.41. The average molecular weight is 356 g/mol. The fourth-order valence-electron chi connectivity index (χ4n) is 1.89. The predicted octanol–water partition coefficient (Wildman–Crippen LogP) is 1.94. The first-order valence-corrected chi connectivity index (χ1v) is 6.83. The van der Waals surface area contributed by atoms with Gasteiger partial charge in [0.15, 0.2) is 5.69 Å². The van der Waals surface area contributed by atoms with E-state index in [0.717, 1.165) is 15.8 Å². The first-order chi connectivity index (χ1) is 10.1. The number of aromatic nitrogens is 3. The van der Waals surface area contributed by atoms with E-state index < -0.39 is 5.97 Å². The molecule has 7 nitrogen and oxygen atoms in total. The number of nitrogens with zero attached hydrogens (tertiary/aromatic N) is 3. The molecule has 0 aliphatic rings. The molecule has 0 radical (unpaired) electrons. The fourth-order valence-corrected chi connectivity index (χ4v) is 2.47. The van der Waals surface area contributed by atoms with Crippen molar-refractivity contribution in [3.05, 3.63) is 39.6 Å². The topological polar surface area (TPSA) is 86.5 Å². The minimum absolute atomic E-state index is 0.0931. The van der Waals surface area contributed by atoms with Crippen LogP contribution in [0.15, 0.2) is 22.7 Å². The van der Waals surface area contributed by atoms with Crippen LogP contribution in [0.4, 0.5) is 0 Å². The maximum absolute atomic E-state index is 11.1. The molecule has 8 heteroatoms. The van der Waals surface area contributed by atoms with E-state index in [1.54, 1.807) is 7.11 Å². The van der Waals surface area contributed by atoms with Gasteiger partial charge in [-0.05, 0) is 33.6 Å². The standard InChI is InChI=1S/C13H14BrN3O4/c1-20-7-10-12(13(18)19)15-16-17(10)6-8-3-4-11(21-2)9(14)5-8/h3-5H,6-7H2,1-2H3,(H,18,19). The minimum Gasteiger partial charge on any atom is -0.496 e. The van der Waals surface area contributed by atoms with E-state index >= 15 is 0 Å². The van der Waals surface area contributed by atoms with E-state index in [1.807, 2.05) is 18.2 Å². The number of carboxylic acids is 1. The van der Waals surface area contributed by atoms with Gasteiger partial charge in [-0.25, -0.2) is 9.48 Å². The van der Waals surface area contributed by atoms with Gasteiger partial charge in [-0.2, -0.15) is 0 Å². The van der Waals surface area contributed by atoms with Crippen LogP contribution in [0, 0.1) is 0 Å². The quantitative estimate of drug-likeness (QED) is 0.851. The summed E-state index contributed by atoms with van der Waals surface area (Å²) in [6.07, 6.45) is 0. The third kappa shape index (κ3) is 3.40. The van der Waals surface area contributed by atoms with Crippen molar-refractivity contribution < 1.29 is 19.4 Å². The molecule has 0 aliphatic heterocycles. The van der Waals surface area contributed by atoms with E-state index in [4.69, 9.17) is 14.6 Å². The summed E-state index contributed by atoms with van der Waals surface area (Å²) in [5, 5.41) is 16.7. The molecule has 0 saturated heterocycles. The smallest absolute Gasteiger partial charge is 0.358 e. The number of halogens is 1. The molecule has 2 rings (SSSR count). The van der Waals surface area contributed by atoms with Crippen LogP contribution in [-0.4, -0.2) is 40.3 Å². The van der Waals surface area contributed by atoms with Crippen molar-refractivity contribution in [2.75, 3.05) is 14.2 Å². The molecule has 1 N–H and O–H groups in total. The van der Waals surface area contributed by atoms with E-state index in [9.17, 15) is 4.79 Å². The van der Waals surface area contributed by atoms with Crippen molar-refractivity contribution >= 4 is 21.9 Å². The summed E-state index contributed by atoms with van der Waals surface area (Å²) in [6, 6.07) is 5.59. The lowest BCUT2D eigenvalue weighted by Gasteiger charge is -2.08. The molecule has 1 heterocycles. The fraction of sp³-hybridized carbons (Fsp3) is 0.308. The van der Waals surface area contributed by atoms with Crippen molar-refractivity contribution in [1.29, 1.82) is 0 Å². The number of hydrogen-bond acceptors (Lipinski definition) is 5. The number of benzene rings is 1. The zero-order chi connectivity index (χ0) is 15.4. The molecule has 21 heavy (non-hydrogen) atoms. The van der Waals surface area contributed by atoms with Crippen LogP contribution in [0.3, 0.4) is 0 Å². The molecule has 1 aromatic heterocycles. The zero-order valence-corrected chi connectivity index (χ0v) is 13.1. The molecule has 0 unspecified atom stereocenters. The molecule has 0 atom stereocenters.